The molecule has 39 heavy (non-hydrogen) atoms. The highest BCUT2D eigenvalue weighted by Crippen LogP contribution is 2.61. The molecule has 0 saturated heterocycles. The van der Waals surface area contributed by atoms with Crippen molar-refractivity contribution in [2.24, 2.45) is 0 Å². The molecular weight excluding hydrogens is 468 g/mol. The van der Waals surface area contributed by atoms with E-state index < -0.39 is 0 Å². The highest BCUT2D eigenvalue weighted by atomic mass is 14.5. The van der Waals surface area contributed by atoms with Gasteiger partial charge in [-0.15, -0.1) is 0 Å². The number of allylic oxidation sites excluding steroid dienone is 4. The van der Waals surface area contributed by atoms with E-state index in [0.29, 0.717) is 5.92 Å². The average molecular weight is 505 g/mol. The van der Waals surface area contributed by atoms with Crippen molar-refractivity contribution in [2.45, 2.75) is 56.8 Å². The van der Waals surface area contributed by atoms with Gasteiger partial charge in [0.05, 0.1) is 5.41 Å². The molecule has 0 radical (unpaired) electrons. The maximum atomic E-state index is 2.55. The first-order chi connectivity index (χ1) is 19.1. The molecule has 192 valence electrons. The summed E-state index contributed by atoms with van der Waals surface area (Å²) in [6.07, 6.45) is 15.6. The molecule has 0 aliphatic heterocycles. The Morgan fingerprint density at radius 2 is 1.44 bits per heavy atom. The lowest BCUT2D eigenvalue weighted by Gasteiger charge is -2.44. The van der Waals surface area contributed by atoms with Crippen LogP contribution in [0.4, 0.5) is 0 Å². The minimum atomic E-state index is -0.311. The summed E-state index contributed by atoms with van der Waals surface area (Å²) in [6, 6.07) is 34.3. The SMILES string of the molecule is CCC/C=C\C1=CC(C)(C)c2ccccc2C12c1ccccc1-c1c(C3C=c4ccccc4=CC3)cccc12. The molecule has 3 aliphatic carbocycles. The topological polar surface area (TPSA) is 0 Å². The second-order valence-electron chi connectivity index (χ2n) is 12.0. The van der Waals surface area contributed by atoms with Gasteiger partial charge in [0.25, 0.3) is 0 Å². The molecule has 1 spiro atoms. The van der Waals surface area contributed by atoms with E-state index in [0.717, 1.165) is 19.3 Å². The Labute approximate surface area is 232 Å². The smallest absolute Gasteiger partial charge is 0.0713 e. The van der Waals surface area contributed by atoms with Crippen molar-refractivity contribution in [2.75, 3.05) is 0 Å². The molecule has 3 aliphatic rings. The Bertz CT molecular complexity index is 1780. The molecule has 4 aromatic rings. The zero-order valence-electron chi connectivity index (χ0n) is 23.2. The van der Waals surface area contributed by atoms with Crippen LogP contribution in [0.25, 0.3) is 23.3 Å². The molecule has 0 heterocycles. The van der Waals surface area contributed by atoms with Crippen molar-refractivity contribution in [1.29, 1.82) is 0 Å². The third kappa shape index (κ3) is 3.51. The Hall–Kier alpha value is -3.90. The molecule has 0 bridgehead atoms. The first kappa shape index (κ1) is 24.2. The minimum Gasteiger partial charge on any atom is -0.0842 e. The molecule has 0 nitrogen and oxygen atoms in total. The summed E-state index contributed by atoms with van der Waals surface area (Å²) in [4.78, 5) is 0. The third-order valence-corrected chi connectivity index (χ3v) is 9.20. The van der Waals surface area contributed by atoms with E-state index in [2.05, 4.69) is 142 Å². The van der Waals surface area contributed by atoms with E-state index in [1.165, 1.54) is 55.0 Å². The normalized spacial score (nSPS) is 21.8. The van der Waals surface area contributed by atoms with Crippen molar-refractivity contribution in [3.63, 3.8) is 0 Å². The molecule has 2 unspecified atom stereocenters. The van der Waals surface area contributed by atoms with Crippen LogP contribution in [0.15, 0.2) is 115 Å². The first-order valence-electron chi connectivity index (χ1n) is 14.6. The Balaban J connectivity index is 1.55. The van der Waals surface area contributed by atoms with Crippen LogP contribution in [0, 0.1) is 0 Å². The fourth-order valence-electron chi connectivity index (χ4n) is 7.52. The van der Waals surface area contributed by atoms with E-state index in [-0.39, 0.29) is 10.8 Å². The number of hydrogen-bond donors (Lipinski definition) is 0. The van der Waals surface area contributed by atoms with Crippen LogP contribution in [-0.2, 0) is 10.8 Å². The van der Waals surface area contributed by atoms with Gasteiger partial charge in [-0.1, -0.05) is 149 Å². The minimum absolute atomic E-state index is 0.0428. The van der Waals surface area contributed by atoms with E-state index in [1.54, 1.807) is 0 Å². The molecule has 4 aromatic carbocycles. The van der Waals surface area contributed by atoms with Gasteiger partial charge >= 0.3 is 0 Å². The van der Waals surface area contributed by atoms with Gasteiger partial charge in [-0.05, 0) is 67.8 Å². The quantitative estimate of drug-likeness (QED) is 0.262. The van der Waals surface area contributed by atoms with Crippen LogP contribution in [0.3, 0.4) is 0 Å². The van der Waals surface area contributed by atoms with Crippen LogP contribution in [0.5, 0.6) is 0 Å². The number of rotatable bonds is 4. The molecular formula is C39H36. The molecule has 0 heteroatoms. The van der Waals surface area contributed by atoms with Crippen LogP contribution in [-0.4, -0.2) is 0 Å². The summed E-state index contributed by atoms with van der Waals surface area (Å²) in [7, 11) is 0. The van der Waals surface area contributed by atoms with Gasteiger partial charge in [-0.2, -0.15) is 0 Å². The lowest BCUT2D eigenvalue weighted by molar-refractivity contribution is 0.591. The largest absolute Gasteiger partial charge is 0.0842 e. The number of hydrogen-bond acceptors (Lipinski definition) is 0. The maximum absolute atomic E-state index is 2.55. The molecule has 0 aromatic heterocycles. The fourth-order valence-corrected chi connectivity index (χ4v) is 7.52. The van der Waals surface area contributed by atoms with E-state index >= 15 is 0 Å². The van der Waals surface area contributed by atoms with Crippen LogP contribution in [0.2, 0.25) is 0 Å². The second kappa shape index (κ2) is 9.09. The lowest BCUT2D eigenvalue weighted by Crippen LogP contribution is -2.37. The summed E-state index contributed by atoms with van der Waals surface area (Å²) in [6.45, 7) is 7.00. The Morgan fingerprint density at radius 1 is 0.744 bits per heavy atom. The number of unbranched alkanes of at least 4 members (excludes halogenated alkanes) is 1. The third-order valence-electron chi connectivity index (χ3n) is 9.20. The van der Waals surface area contributed by atoms with Gasteiger partial charge in [-0.3, -0.25) is 0 Å². The monoisotopic (exact) mass is 504 g/mol. The van der Waals surface area contributed by atoms with Crippen molar-refractivity contribution in [1.82, 2.24) is 0 Å². The van der Waals surface area contributed by atoms with Crippen molar-refractivity contribution in [3.8, 4) is 11.1 Å². The Kier molecular flexibility index (Phi) is 5.63. The van der Waals surface area contributed by atoms with Crippen molar-refractivity contribution < 1.29 is 0 Å². The van der Waals surface area contributed by atoms with E-state index in [4.69, 9.17) is 0 Å². The zero-order valence-corrected chi connectivity index (χ0v) is 23.2. The molecule has 7 rings (SSSR count). The van der Waals surface area contributed by atoms with Gasteiger partial charge in [0.2, 0.25) is 0 Å². The average Bonchev–Trinajstić information content (AvgIpc) is 3.27. The fraction of sp³-hybridized carbons (Fsp3) is 0.231. The maximum Gasteiger partial charge on any atom is 0.0713 e. The summed E-state index contributed by atoms with van der Waals surface area (Å²) in [5.41, 5.74) is 11.0. The lowest BCUT2D eigenvalue weighted by atomic mass is 9.58. The van der Waals surface area contributed by atoms with Gasteiger partial charge in [-0.25, -0.2) is 0 Å². The van der Waals surface area contributed by atoms with Crippen molar-refractivity contribution in [3.05, 3.63) is 153 Å². The molecule has 0 amide bonds. The van der Waals surface area contributed by atoms with Gasteiger partial charge in [0.15, 0.2) is 0 Å². The Morgan fingerprint density at radius 3 is 2.26 bits per heavy atom. The van der Waals surface area contributed by atoms with Crippen LogP contribution < -0.4 is 10.4 Å². The number of fused-ring (bicyclic) bond motifs is 8. The first-order valence-corrected chi connectivity index (χ1v) is 14.6. The van der Waals surface area contributed by atoms with Crippen LogP contribution >= 0.6 is 0 Å². The van der Waals surface area contributed by atoms with E-state index in [9.17, 15) is 0 Å². The van der Waals surface area contributed by atoms with Gasteiger partial charge in [0.1, 0.15) is 0 Å². The summed E-state index contributed by atoms with van der Waals surface area (Å²) in [5, 5.41) is 2.70. The summed E-state index contributed by atoms with van der Waals surface area (Å²) >= 11 is 0. The molecule has 2 atom stereocenters. The summed E-state index contributed by atoms with van der Waals surface area (Å²) in [5.74, 6) is 0.358. The zero-order chi connectivity index (χ0) is 26.6. The number of benzene rings is 4. The summed E-state index contributed by atoms with van der Waals surface area (Å²) < 4.78 is 0. The highest BCUT2D eigenvalue weighted by molar-refractivity contribution is 5.90. The van der Waals surface area contributed by atoms with E-state index in [1.807, 2.05) is 0 Å². The standard InChI is InChI=1S/C39H36/c1-4-5-6-16-30-26-38(2,3)34-20-11-12-21-35(34)39(30)33-19-10-9-17-32(33)37-31(18-13-22-36(37)39)29-24-23-27-14-7-8-15-28(27)25-29/h6-23,25-26,29H,4-5,24H2,1-3H3/b16-6-. The van der Waals surface area contributed by atoms with Gasteiger partial charge in [0, 0.05) is 11.3 Å². The predicted molar refractivity (Wildman–Crippen MR) is 165 cm³/mol. The van der Waals surface area contributed by atoms with Crippen LogP contribution in [0.1, 0.15) is 73.8 Å². The second-order valence-corrected chi connectivity index (χ2v) is 12.0. The predicted octanol–water partition coefficient (Wildman–Crippen LogP) is 8.32. The highest BCUT2D eigenvalue weighted by Gasteiger charge is 2.51. The van der Waals surface area contributed by atoms with Crippen molar-refractivity contribution >= 4 is 12.2 Å². The molecule has 0 saturated carbocycles. The molecule has 0 N–H and O–H groups in total. The van der Waals surface area contributed by atoms with Gasteiger partial charge < -0.3 is 0 Å². The molecule has 0 fully saturated rings.